The summed E-state index contributed by atoms with van der Waals surface area (Å²) < 4.78 is 1.12. The minimum atomic E-state index is 0.736. The van der Waals surface area contributed by atoms with Crippen LogP contribution in [0.2, 0.25) is 0 Å². The first-order valence-corrected chi connectivity index (χ1v) is 5.61. The summed E-state index contributed by atoms with van der Waals surface area (Å²) in [5.74, 6) is 0. The summed E-state index contributed by atoms with van der Waals surface area (Å²) in [6, 6.07) is 7.75. The highest BCUT2D eigenvalue weighted by Crippen LogP contribution is 2.20. The van der Waals surface area contributed by atoms with Crippen LogP contribution in [0.25, 0.3) is 0 Å². The molecule has 0 atom stereocenters. The third kappa shape index (κ3) is 2.62. The van der Waals surface area contributed by atoms with Gasteiger partial charge in [0.1, 0.15) is 0 Å². The van der Waals surface area contributed by atoms with Crippen molar-refractivity contribution >= 4 is 34.0 Å². The van der Waals surface area contributed by atoms with E-state index >= 15 is 0 Å². The first-order valence-electron chi connectivity index (χ1n) is 4.53. The number of nitrogen functional groups attached to an aromatic ring is 1. The second-order valence-electron chi connectivity index (χ2n) is 3.17. The SMILES string of the molecule is Nc1ccc(NCc2ccn[nH]2)c(I)c1. The van der Waals surface area contributed by atoms with E-state index in [4.69, 9.17) is 5.73 Å². The molecule has 1 heterocycles. The molecule has 15 heavy (non-hydrogen) atoms. The summed E-state index contributed by atoms with van der Waals surface area (Å²) >= 11 is 2.26. The Morgan fingerprint density at radius 2 is 2.27 bits per heavy atom. The van der Waals surface area contributed by atoms with E-state index in [9.17, 15) is 0 Å². The summed E-state index contributed by atoms with van der Waals surface area (Å²) in [7, 11) is 0. The number of hydrogen-bond donors (Lipinski definition) is 3. The van der Waals surface area contributed by atoms with Crippen LogP contribution in [0.15, 0.2) is 30.5 Å². The van der Waals surface area contributed by atoms with Crippen molar-refractivity contribution in [2.24, 2.45) is 0 Å². The highest BCUT2D eigenvalue weighted by atomic mass is 127. The van der Waals surface area contributed by atoms with Gasteiger partial charge in [-0.1, -0.05) is 0 Å². The zero-order chi connectivity index (χ0) is 10.7. The van der Waals surface area contributed by atoms with Crippen molar-refractivity contribution in [3.63, 3.8) is 0 Å². The molecule has 2 aromatic rings. The summed E-state index contributed by atoms with van der Waals surface area (Å²) in [6.45, 7) is 0.736. The maximum atomic E-state index is 5.67. The van der Waals surface area contributed by atoms with Gasteiger partial charge in [0.25, 0.3) is 0 Å². The van der Waals surface area contributed by atoms with Gasteiger partial charge in [0.05, 0.1) is 12.2 Å². The Bertz CT molecular complexity index is 439. The lowest BCUT2D eigenvalue weighted by molar-refractivity contribution is 0.981. The molecule has 0 spiro atoms. The fraction of sp³-hybridized carbons (Fsp3) is 0.100. The molecule has 0 saturated heterocycles. The molecule has 0 saturated carbocycles. The smallest absolute Gasteiger partial charge is 0.0568 e. The quantitative estimate of drug-likeness (QED) is 0.601. The first kappa shape index (κ1) is 10.3. The second-order valence-corrected chi connectivity index (χ2v) is 4.34. The number of halogens is 1. The van der Waals surface area contributed by atoms with E-state index in [1.807, 2.05) is 24.3 Å². The molecule has 5 heteroatoms. The number of nitrogens with one attached hydrogen (secondary N) is 2. The molecule has 0 fully saturated rings. The molecule has 1 aromatic carbocycles. The van der Waals surface area contributed by atoms with E-state index in [2.05, 4.69) is 38.1 Å². The lowest BCUT2D eigenvalue weighted by Gasteiger charge is -2.07. The Kier molecular flexibility index (Phi) is 3.10. The van der Waals surface area contributed by atoms with E-state index < -0.39 is 0 Å². The van der Waals surface area contributed by atoms with Gasteiger partial charge in [-0.15, -0.1) is 0 Å². The highest BCUT2D eigenvalue weighted by molar-refractivity contribution is 14.1. The third-order valence-corrected chi connectivity index (χ3v) is 2.91. The molecule has 0 unspecified atom stereocenters. The van der Waals surface area contributed by atoms with Crippen LogP contribution >= 0.6 is 22.6 Å². The zero-order valence-corrected chi connectivity index (χ0v) is 10.2. The Morgan fingerprint density at radius 3 is 2.93 bits per heavy atom. The number of aromatic nitrogens is 2. The normalized spacial score (nSPS) is 10.2. The van der Waals surface area contributed by atoms with Crippen molar-refractivity contribution in [3.05, 3.63) is 39.7 Å². The Balaban J connectivity index is 2.05. The van der Waals surface area contributed by atoms with Gasteiger partial charge in [-0.25, -0.2) is 0 Å². The molecule has 0 aliphatic carbocycles. The van der Waals surface area contributed by atoms with Crippen LogP contribution in [0.4, 0.5) is 11.4 Å². The standard InChI is InChI=1S/C10H11IN4/c11-9-5-7(12)1-2-10(9)13-6-8-3-4-14-15-8/h1-5,13H,6,12H2,(H,14,15). The first-order chi connectivity index (χ1) is 7.25. The van der Waals surface area contributed by atoms with E-state index in [1.54, 1.807) is 6.20 Å². The molecule has 4 nitrogen and oxygen atoms in total. The van der Waals surface area contributed by atoms with Gasteiger partial charge in [0.15, 0.2) is 0 Å². The van der Waals surface area contributed by atoms with Crippen LogP contribution in [0, 0.1) is 3.57 Å². The summed E-state index contributed by atoms with van der Waals surface area (Å²) in [6.07, 6.45) is 1.74. The van der Waals surface area contributed by atoms with Crippen LogP contribution in [0.5, 0.6) is 0 Å². The maximum Gasteiger partial charge on any atom is 0.0568 e. The molecule has 1 aromatic heterocycles. The minimum Gasteiger partial charge on any atom is -0.399 e. The molecule has 0 aliphatic rings. The summed E-state index contributed by atoms with van der Waals surface area (Å²) in [4.78, 5) is 0. The van der Waals surface area contributed by atoms with Crippen molar-refractivity contribution in [1.29, 1.82) is 0 Å². The predicted molar refractivity (Wildman–Crippen MR) is 69.5 cm³/mol. The molecule has 4 N–H and O–H groups in total. The number of rotatable bonds is 3. The number of nitrogens with two attached hydrogens (primary N) is 1. The average molecular weight is 314 g/mol. The Morgan fingerprint density at radius 1 is 1.40 bits per heavy atom. The van der Waals surface area contributed by atoms with Gasteiger partial charge in [-0.2, -0.15) is 5.10 Å². The fourth-order valence-corrected chi connectivity index (χ4v) is 1.98. The molecule has 0 radical (unpaired) electrons. The largest absolute Gasteiger partial charge is 0.399 e. The molecule has 2 rings (SSSR count). The van der Waals surface area contributed by atoms with Crippen LogP contribution < -0.4 is 11.1 Å². The average Bonchev–Trinajstić information content (AvgIpc) is 2.69. The van der Waals surface area contributed by atoms with E-state index in [0.717, 1.165) is 27.2 Å². The number of benzene rings is 1. The number of H-pyrrole nitrogens is 1. The van der Waals surface area contributed by atoms with Crippen LogP contribution in [0.3, 0.4) is 0 Å². The van der Waals surface area contributed by atoms with Gasteiger partial charge in [0.2, 0.25) is 0 Å². The van der Waals surface area contributed by atoms with Gasteiger partial charge in [0, 0.05) is 21.1 Å². The number of nitrogens with zero attached hydrogens (tertiary/aromatic N) is 1. The van der Waals surface area contributed by atoms with E-state index in [1.165, 1.54) is 0 Å². The fourth-order valence-electron chi connectivity index (χ4n) is 1.25. The molecule has 78 valence electrons. The van der Waals surface area contributed by atoms with E-state index in [-0.39, 0.29) is 0 Å². The zero-order valence-electron chi connectivity index (χ0n) is 8.00. The lowest BCUT2D eigenvalue weighted by Crippen LogP contribution is -2.01. The molecule has 0 amide bonds. The predicted octanol–water partition coefficient (Wildman–Crippen LogP) is 2.21. The van der Waals surface area contributed by atoms with Crippen molar-refractivity contribution in [3.8, 4) is 0 Å². The maximum absolute atomic E-state index is 5.67. The Labute approximate surface area is 101 Å². The van der Waals surface area contributed by atoms with Crippen LogP contribution in [0.1, 0.15) is 5.69 Å². The number of aromatic amines is 1. The number of hydrogen-bond acceptors (Lipinski definition) is 3. The highest BCUT2D eigenvalue weighted by Gasteiger charge is 2.00. The molecule has 0 aliphatic heterocycles. The van der Waals surface area contributed by atoms with Crippen LogP contribution in [-0.2, 0) is 6.54 Å². The topological polar surface area (TPSA) is 66.7 Å². The van der Waals surface area contributed by atoms with Crippen LogP contribution in [-0.4, -0.2) is 10.2 Å². The van der Waals surface area contributed by atoms with Crippen molar-refractivity contribution in [2.45, 2.75) is 6.54 Å². The van der Waals surface area contributed by atoms with Gasteiger partial charge < -0.3 is 11.1 Å². The Hall–Kier alpha value is -1.24. The number of anilines is 2. The van der Waals surface area contributed by atoms with Gasteiger partial charge in [-0.3, -0.25) is 5.10 Å². The van der Waals surface area contributed by atoms with Gasteiger partial charge >= 0.3 is 0 Å². The minimum absolute atomic E-state index is 0.736. The molecular weight excluding hydrogens is 303 g/mol. The second kappa shape index (κ2) is 4.52. The molecular formula is C10H11IN4. The monoisotopic (exact) mass is 314 g/mol. The lowest BCUT2D eigenvalue weighted by atomic mass is 10.3. The summed E-state index contributed by atoms with van der Waals surface area (Å²) in [5, 5.41) is 10.1. The van der Waals surface area contributed by atoms with Crippen molar-refractivity contribution < 1.29 is 0 Å². The third-order valence-electron chi connectivity index (χ3n) is 2.02. The van der Waals surface area contributed by atoms with Crippen molar-refractivity contribution in [1.82, 2.24) is 10.2 Å². The molecule has 0 bridgehead atoms. The van der Waals surface area contributed by atoms with E-state index in [0.29, 0.717) is 0 Å². The van der Waals surface area contributed by atoms with Gasteiger partial charge in [-0.05, 0) is 46.9 Å². The summed E-state index contributed by atoms with van der Waals surface area (Å²) in [5.41, 5.74) is 8.59. The van der Waals surface area contributed by atoms with Crippen molar-refractivity contribution in [2.75, 3.05) is 11.1 Å².